The van der Waals surface area contributed by atoms with Crippen molar-refractivity contribution < 1.29 is 4.84 Å². The van der Waals surface area contributed by atoms with Crippen molar-refractivity contribution in [3.05, 3.63) is 0 Å². The summed E-state index contributed by atoms with van der Waals surface area (Å²) in [5.41, 5.74) is 0. The van der Waals surface area contributed by atoms with E-state index in [9.17, 15) is 0 Å². The zero-order chi connectivity index (χ0) is 4.24. The van der Waals surface area contributed by atoms with Crippen molar-refractivity contribution in [1.29, 1.82) is 0 Å². The lowest BCUT2D eigenvalue weighted by molar-refractivity contribution is 0.0943. The van der Waals surface area contributed by atoms with E-state index in [4.69, 9.17) is 4.84 Å². The van der Waals surface area contributed by atoms with Crippen molar-refractivity contribution in [2.45, 2.75) is 6.42 Å². The van der Waals surface area contributed by atoms with Crippen LogP contribution in [0.2, 0.25) is 0 Å². The first-order chi connectivity index (χ1) is 3.00. The van der Waals surface area contributed by atoms with Gasteiger partial charge in [-0.25, -0.2) is 0 Å². The number of rotatable bonds is 0. The van der Waals surface area contributed by atoms with E-state index in [1.807, 2.05) is 0 Å². The Bertz CT molecular complexity index is 26.3. The third-order valence-corrected chi connectivity index (χ3v) is 1.34. The predicted octanol–water partition coefficient (Wildman–Crippen LogP) is 0.560. The molecule has 0 radical (unpaired) electrons. The maximum atomic E-state index is 4.78. The molecule has 1 heterocycles. The molecule has 6 heavy (non-hydrogen) atoms. The van der Waals surface area contributed by atoms with E-state index in [0.717, 1.165) is 6.61 Å². The standard InChI is InChI=1S/C3H7NOS/c1-2-5-4-6-3-1/h4H,1-3H2. The highest BCUT2D eigenvalue weighted by atomic mass is 32.2. The lowest BCUT2D eigenvalue weighted by atomic mass is 10.5. The summed E-state index contributed by atoms with van der Waals surface area (Å²) in [4.78, 5) is 7.48. The van der Waals surface area contributed by atoms with Crippen molar-refractivity contribution in [2.75, 3.05) is 12.4 Å². The maximum Gasteiger partial charge on any atom is 0.0701 e. The molecule has 36 valence electrons. The second kappa shape index (κ2) is 2.44. The lowest BCUT2D eigenvalue weighted by Gasteiger charge is -2.08. The van der Waals surface area contributed by atoms with Gasteiger partial charge in [0.25, 0.3) is 0 Å². The lowest BCUT2D eigenvalue weighted by Crippen LogP contribution is -2.13. The molecule has 1 aliphatic heterocycles. The van der Waals surface area contributed by atoms with Gasteiger partial charge in [-0.15, -0.1) is 4.89 Å². The first-order valence-electron chi connectivity index (χ1n) is 1.99. The molecule has 3 heteroatoms. The van der Waals surface area contributed by atoms with E-state index in [0.29, 0.717) is 0 Å². The minimum atomic E-state index is 0.868. The molecule has 1 rings (SSSR count). The van der Waals surface area contributed by atoms with Crippen LogP contribution in [0, 0.1) is 0 Å². The summed E-state index contributed by atoms with van der Waals surface area (Å²) in [6.07, 6.45) is 1.18. The molecular formula is C3H7NOS. The average Bonchev–Trinajstić information content (AvgIpc) is 1.72. The quantitative estimate of drug-likeness (QED) is 0.455. The van der Waals surface area contributed by atoms with Gasteiger partial charge >= 0.3 is 0 Å². The van der Waals surface area contributed by atoms with Gasteiger partial charge in [-0.05, 0) is 6.42 Å². The molecule has 0 aromatic carbocycles. The summed E-state index contributed by atoms with van der Waals surface area (Å²) in [6.45, 7) is 0.868. The van der Waals surface area contributed by atoms with E-state index in [1.165, 1.54) is 12.2 Å². The fraction of sp³-hybridized carbons (Fsp3) is 1.00. The minimum absolute atomic E-state index is 0.868. The summed E-state index contributed by atoms with van der Waals surface area (Å²) in [6, 6.07) is 0. The fourth-order valence-electron chi connectivity index (χ4n) is 0.328. The molecular weight excluding hydrogens is 98.1 g/mol. The highest BCUT2D eigenvalue weighted by Gasteiger charge is 1.94. The van der Waals surface area contributed by atoms with Crippen LogP contribution in [0.1, 0.15) is 6.42 Å². The van der Waals surface area contributed by atoms with E-state index in [-0.39, 0.29) is 0 Å². The van der Waals surface area contributed by atoms with Crippen molar-refractivity contribution in [3.63, 3.8) is 0 Å². The molecule has 0 atom stereocenters. The van der Waals surface area contributed by atoms with Gasteiger partial charge in [-0.3, -0.25) is 4.84 Å². The van der Waals surface area contributed by atoms with E-state index >= 15 is 0 Å². The van der Waals surface area contributed by atoms with Gasteiger partial charge in [-0.1, -0.05) is 11.9 Å². The molecule has 0 aromatic rings. The molecule has 0 saturated carbocycles. The van der Waals surface area contributed by atoms with Gasteiger partial charge in [0.15, 0.2) is 0 Å². The van der Waals surface area contributed by atoms with E-state index < -0.39 is 0 Å². The largest absolute Gasteiger partial charge is 0.291 e. The van der Waals surface area contributed by atoms with Gasteiger partial charge in [0.2, 0.25) is 0 Å². The van der Waals surface area contributed by atoms with Gasteiger partial charge < -0.3 is 0 Å². The topological polar surface area (TPSA) is 21.3 Å². The van der Waals surface area contributed by atoms with Gasteiger partial charge in [0.05, 0.1) is 6.61 Å². The second-order valence-electron chi connectivity index (χ2n) is 1.13. The Kier molecular flexibility index (Phi) is 1.80. The molecule has 0 bridgehead atoms. The van der Waals surface area contributed by atoms with Crippen LogP contribution in [0.4, 0.5) is 0 Å². The third kappa shape index (κ3) is 1.16. The molecule has 1 saturated heterocycles. The Hall–Kier alpha value is 0.270. The molecule has 1 aliphatic rings. The van der Waals surface area contributed by atoms with Gasteiger partial charge in [-0.2, -0.15) is 0 Å². The average molecular weight is 105 g/mol. The van der Waals surface area contributed by atoms with Crippen LogP contribution in [0.5, 0.6) is 0 Å². The predicted molar refractivity (Wildman–Crippen MR) is 26.2 cm³/mol. The van der Waals surface area contributed by atoms with Crippen LogP contribution in [-0.4, -0.2) is 12.4 Å². The van der Waals surface area contributed by atoms with Gasteiger partial charge in [0, 0.05) is 5.75 Å². The van der Waals surface area contributed by atoms with Crippen molar-refractivity contribution in [3.8, 4) is 0 Å². The van der Waals surface area contributed by atoms with E-state index in [1.54, 1.807) is 11.9 Å². The number of hydrogen-bond donors (Lipinski definition) is 1. The van der Waals surface area contributed by atoms with Crippen LogP contribution >= 0.6 is 11.9 Å². The highest BCUT2D eigenvalue weighted by molar-refractivity contribution is 7.97. The summed E-state index contributed by atoms with van der Waals surface area (Å²) < 4.78 is 0. The Balaban J connectivity index is 2.00. The molecule has 2 nitrogen and oxygen atoms in total. The van der Waals surface area contributed by atoms with Crippen LogP contribution in [-0.2, 0) is 4.84 Å². The molecule has 0 aliphatic carbocycles. The normalized spacial score (nSPS) is 24.0. The fourth-order valence-corrected chi connectivity index (χ4v) is 0.840. The Morgan fingerprint density at radius 1 is 1.67 bits per heavy atom. The summed E-state index contributed by atoms with van der Waals surface area (Å²) >= 11 is 1.62. The maximum absolute atomic E-state index is 4.78. The first kappa shape index (κ1) is 4.43. The highest BCUT2D eigenvalue weighted by Crippen LogP contribution is 2.01. The van der Waals surface area contributed by atoms with Crippen molar-refractivity contribution in [2.24, 2.45) is 0 Å². The Labute approximate surface area is 41.3 Å². The summed E-state index contributed by atoms with van der Waals surface area (Å²) in [5.74, 6) is 1.18. The zero-order valence-corrected chi connectivity index (χ0v) is 4.25. The molecule has 0 amide bonds. The molecule has 0 spiro atoms. The monoisotopic (exact) mass is 105 g/mol. The summed E-state index contributed by atoms with van der Waals surface area (Å²) in [5, 5.41) is 0. The Morgan fingerprint density at radius 3 is 2.83 bits per heavy atom. The number of hydrogen-bond acceptors (Lipinski definition) is 3. The molecule has 0 aromatic heterocycles. The first-order valence-corrected chi connectivity index (χ1v) is 2.97. The van der Waals surface area contributed by atoms with Crippen LogP contribution < -0.4 is 4.89 Å². The van der Waals surface area contributed by atoms with Crippen molar-refractivity contribution in [1.82, 2.24) is 4.89 Å². The van der Waals surface area contributed by atoms with Crippen LogP contribution in [0.15, 0.2) is 0 Å². The Morgan fingerprint density at radius 2 is 2.67 bits per heavy atom. The smallest absolute Gasteiger partial charge is 0.0701 e. The van der Waals surface area contributed by atoms with Gasteiger partial charge in [0.1, 0.15) is 0 Å². The minimum Gasteiger partial charge on any atom is -0.291 e. The number of nitrogens with one attached hydrogen (secondary N) is 1. The SMILES string of the molecule is C1CONSC1. The molecule has 1 N–H and O–H groups in total. The van der Waals surface area contributed by atoms with E-state index in [2.05, 4.69) is 4.89 Å². The van der Waals surface area contributed by atoms with Crippen molar-refractivity contribution >= 4 is 11.9 Å². The van der Waals surface area contributed by atoms with Crippen LogP contribution in [0.25, 0.3) is 0 Å². The third-order valence-electron chi connectivity index (χ3n) is 0.611. The molecule has 1 fully saturated rings. The zero-order valence-electron chi connectivity index (χ0n) is 3.44. The second-order valence-corrected chi connectivity index (χ2v) is 2.00. The summed E-state index contributed by atoms with van der Waals surface area (Å²) in [7, 11) is 0. The molecule has 0 unspecified atom stereocenters. The van der Waals surface area contributed by atoms with Crippen LogP contribution in [0.3, 0.4) is 0 Å².